The maximum absolute atomic E-state index is 11.9. The zero-order valence-corrected chi connectivity index (χ0v) is 14.8. The van der Waals surface area contributed by atoms with E-state index in [2.05, 4.69) is 24.1 Å². The Morgan fingerprint density at radius 2 is 1.57 bits per heavy atom. The molecule has 0 aliphatic carbocycles. The average molecular weight is 319 g/mol. The molecule has 1 aromatic rings. The molecule has 0 aliphatic heterocycles. The van der Waals surface area contributed by atoms with E-state index in [1.807, 2.05) is 31.2 Å². The minimum atomic E-state index is -0.0228. The Bertz CT molecular complexity index is 495. The number of carbonyl (C=O) groups excluding carboxylic acids is 2. The highest BCUT2D eigenvalue weighted by Crippen LogP contribution is 2.20. The monoisotopic (exact) mass is 319 g/mol. The van der Waals surface area contributed by atoms with Gasteiger partial charge < -0.3 is 15.1 Å². The van der Waals surface area contributed by atoms with E-state index in [4.69, 9.17) is 0 Å². The molecule has 23 heavy (non-hydrogen) atoms. The number of nitrogens with one attached hydrogen (secondary N) is 1. The summed E-state index contributed by atoms with van der Waals surface area (Å²) in [6.45, 7) is 10.6. The third-order valence-corrected chi connectivity index (χ3v) is 3.80. The quantitative estimate of drug-likeness (QED) is 0.761. The van der Waals surface area contributed by atoms with Crippen LogP contribution in [-0.2, 0) is 9.59 Å². The van der Waals surface area contributed by atoms with Crippen LogP contribution in [0, 0.1) is 0 Å². The molecule has 0 saturated heterocycles. The van der Waals surface area contributed by atoms with Gasteiger partial charge in [-0.05, 0) is 44.5 Å². The molecule has 0 saturated carbocycles. The van der Waals surface area contributed by atoms with E-state index in [1.165, 1.54) is 0 Å². The molecule has 0 fully saturated rings. The summed E-state index contributed by atoms with van der Waals surface area (Å²) in [6, 6.07) is 7.99. The molecule has 0 atom stereocenters. The van der Waals surface area contributed by atoms with Gasteiger partial charge >= 0.3 is 0 Å². The Kier molecular flexibility index (Phi) is 8.16. The van der Waals surface area contributed by atoms with Gasteiger partial charge in [0.05, 0.1) is 0 Å². The minimum absolute atomic E-state index is 0.0228. The van der Waals surface area contributed by atoms with Crippen LogP contribution in [0.2, 0.25) is 0 Å². The first kappa shape index (κ1) is 19.0. The van der Waals surface area contributed by atoms with Crippen LogP contribution in [0.25, 0.3) is 0 Å². The van der Waals surface area contributed by atoms with Crippen LogP contribution in [0.4, 0.5) is 11.4 Å². The number of carbonyl (C=O) groups is 2. The smallest absolute Gasteiger partial charge is 0.223 e. The number of benzene rings is 1. The Morgan fingerprint density at radius 1 is 1.00 bits per heavy atom. The summed E-state index contributed by atoms with van der Waals surface area (Å²) in [5, 5.41) is 2.85. The molecular weight excluding hydrogens is 290 g/mol. The van der Waals surface area contributed by atoms with Crippen LogP contribution in [0.3, 0.4) is 0 Å². The number of rotatable bonds is 9. The van der Waals surface area contributed by atoms with Gasteiger partial charge in [-0.2, -0.15) is 0 Å². The van der Waals surface area contributed by atoms with E-state index in [9.17, 15) is 9.59 Å². The molecule has 5 nitrogen and oxygen atoms in total. The van der Waals surface area contributed by atoms with Crippen molar-refractivity contribution in [1.29, 1.82) is 0 Å². The average Bonchev–Trinajstić information content (AvgIpc) is 2.53. The Labute approximate surface area is 139 Å². The lowest BCUT2D eigenvalue weighted by Crippen LogP contribution is -2.37. The summed E-state index contributed by atoms with van der Waals surface area (Å²) in [5.41, 5.74) is 2.01. The normalized spacial score (nSPS) is 10.3. The van der Waals surface area contributed by atoms with Crippen molar-refractivity contribution in [3.63, 3.8) is 0 Å². The molecule has 0 bridgehead atoms. The Balaban J connectivity index is 2.70. The summed E-state index contributed by atoms with van der Waals surface area (Å²) in [4.78, 5) is 27.3. The van der Waals surface area contributed by atoms with Crippen LogP contribution in [0.15, 0.2) is 24.3 Å². The van der Waals surface area contributed by atoms with Crippen molar-refractivity contribution >= 4 is 23.2 Å². The van der Waals surface area contributed by atoms with Crippen molar-refractivity contribution in [2.75, 3.05) is 36.0 Å². The number of amides is 2. The molecule has 1 N–H and O–H groups in total. The third-order valence-electron chi connectivity index (χ3n) is 3.80. The summed E-state index contributed by atoms with van der Waals surface area (Å²) in [6.07, 6.45) is 1.35. The zero-order chi connectivity index (χ0) is 17.2. The maximum atomic E-state index is 11.9. The fourth-order valence-corrected chi connectivity index (χ4v) is 2.52. The van der Waals surface area contributed by atoms with Gasteiger partial charge in [0.25, 0.3) is 0 Å². The Morgan fingerprint density at radius 3 is 2.04 bits per heavy atom. The second-order valence-electron chi connectivity index (χ2n) is 5.46. The topological polar surface area (TPSA) is 52.7 Å². The van der Waals surface area contributed by atoms with Gasteiger partial charge in [-0.3, -0.25) is 9.59 Å². The van der Waals surface area contributed by atoms with E-state index in [1.54, 1.807) is 11.8 Å². The highest BCUT2D eigenvalue weighted by atomic mass is 16.2. The van der Waals surface area contributed by atoms with Crippen molar-refractivity contribution < 1.29 is 9.59 Å². The summed E-state index contributed by atoms with van der Waals surface area (Å²) in [5.74, 6) is 0.0122. The van der Waals surface area contributed by atoms with Crippen molar-refractivity contribution in [1.82, 2.24) is 5.32 Å². The molecular formula is C18H29N3O2. The predicted octanol–water partition coefficient (Wildman–Crippen LogP) is 2.80. The van der Waals surface area contributed by atoms with Gasteiger partial charge in [0.15, 0.2) is 0 Å². The van der Waals surface area contributed by atoms with Crippen LogP contribution in [-0.4, -0.2) is 38.0 Å². The summed E-state index contributed by atoms with van der Waals surface area (Å²) < 4.78 is 0. The van der Waals surface area contributed by atoms with Crippen molar-refractivity contribution in [2.24, 2.45) is 0 Å². The molecule has 1 aromatic carbocycles. The molecule has 0 aromatic heterocycles. The van der Waals surface area contributed by atoms with Crippen LogP contribution >= 0.6 is 0 Å². The second-order valence-corrected chi connectivity index (χ2v) is 5.46. The number of nitrogens with zero attached hydrogens (tertiary/aromatic N) is 2. The first-order chi connectivity index (χ1) is 11.0. The van der Waals surface area contributed by atoms with E-state index in [-0.39, 0.29) is 11.8 Å². The number of hydrogen-bond acceptors (Lipinski definition) is 3. The molecule has 128 valence electrons. The molecule has 1 rings (SSSR count). The van der Waals surface area contributed by atoms with Gasteiger partial charge in [-0.15, -0.1) is 0 Å². The fourth-order valence-electron chi connectivity index (χ4n) is 2.52. The van der Waals surface area contributed by atoms with Crippen LogP contribution in [0.5, 0.6) is 0 Å². The first-order valence-corrected chi connectivity index (χ1v) is 8.43. The Hall–Kier alpha value is -2.04. The van der Waals surface area contributed by atoms with Crippen LogP contribution in [0.1, 0.15) is 40.5 Å². The van der Waals surface area contributed by atoms with Gasteiger partial charge in [0, 0.05) is 50.9 Å². The molecule has 0 radical (unpaired) electrons. The van der Waals surface area contributed by atoms with Gasteiger partial charge in [-0.1, -0.05) is 6.92 Å². The van der Waals surface area contributed by atoms with Gasteiger partial charge in [-0.25, -0.2) is 0 Å². The molecule has 5 heteroatoms. The standard InChI is InChI=1S/C18H29N3O2/c1-5-8-18(23)19-13-14-21(15(4)22)17-11-9-16(10-12-17)20(6-2)7-3/h9-12H,5-8,13-14H2,1-4H3,(H,19,23). The first-order valence-electron chi connectivity index (χ1n) is 8.43. The van der Waals surface area contributed by atoms with E-state index in [0.29, 0.717) is 19.5 Å². The lowest BCUT2D eigenvalue weighted by molar-refractivity contribution is -0.121. The van der Waals surface area contributed by atoms with Gasteiger partial charge in [0.2, 0.25) is 11.8 Å². The SMILES string of the molecule is CCCC(=O)NCCN(C(C)=O)c1ccc(N(CC)CC)cc1. The highest BCUT2D eigenvalue weighted by Gasteiger charge is 2.12. The molecule has 0 unspecified atom stereocenters. The van der Waals surface area contributed by atoms with E-state index < -0.39 is 0 Å². The van der Waals surface area contributed by atoms with Crippen molar-refractivity contribution in [3.8, 4) is 0 Å². The maximum Gasteiger partial charge on any atom is 0.223 e. The lowest BCUT2D eigenvalue weighted by atomic mass is 10.2. The van der Waals surface area contributed by atoms with Gasteiger partial charge in [0.1, 0.15) is 0 Å². The third kappa shape index (κ3) is 5.93. The number of anilines is 2. The zero-order valence-electron chi connectivity index (χ0n) is 14.8. The predicted molar refractivity (Wildman–Crippen MR) is 95.9 cm³/mol. The molecule has 0 aliphatic rings. The fraction of sp³-hybridized carbons (Fsp3) is 0.556. The molecule has 2 amide bonds. The van der Waals surface area contributed by atoms with Crippen LogP contribution < -0.4 is 15.1 Å². The minimum Gasteiger partial charge on any atom is -0.372 e. The number of hydrogen-bond donors (Lipinski definition) is 1. The highest BCUT2D eigenvalue weighted by molar-refractivity contribution is 5.91. The molecule has 0 heterocycles. The molecule has 0 spiro atoms. The second kappa shape index (κ2) is 9.87. The largest absolute Gasteiger partial charge is 0.372 e. The lowest BCUT2D eigenvalue weighted by Gasteiger charge is -2.24. The van der Waals surface area contributed by atoms with E-state index >= 15 is 0 Å². The summed E-state index contributed by atoms with van der Waals surface area (Å²) >= 11 is 0. The van der Waals surface area contributed by atoms with E-state index in [0.717, 1.165) is 30.9 Å². The van der Waals surface area contributed by atoms with Crippen molar-refractivity contribution in [3.05, 3.63) is 24.3 Å². The van der Waals surface area contributed by atoms with Crippen molar-refractivity contribution in [2.45, 2.75) is 40.5 Å². The summed E-state index contributed by atoms with van der Waals surface area (Å²) in [7, 11) is 0.